The Hall–Kier alpha value is -2.15. The van der Waals surface area contributed by atoms with Crippen LogP contribution < -0.4 is 4.90 Å². The molecular formula is C16H16N2O4S. The van der Waals surface area contributed by atoms with E-state index in [-0.39, 0.29) is 12.5 Å². The lowest BCUT2D eigenvalue weighted by molar-refractivity contribution is -0.147. The molecule has 0 unspecified atom stereocenters. The molecule has 0 radical (unpaired) electrons. The molecule has 0 aliphatic carbocycles. The number of benzene rings is 1. The number of esters is 1. The summed E-state index contributed by atoms with van der Waals surface area (Å²) in [5.41, 5.74) is 0.514. The number of ether oxygens (including phenoxy) is 1. The van der Waals surface area contributed by atoms with Gasteiger partial charge >= 0.3 is 5.97 Å². The van der Waals surface area contributed by atoms with Crippen molar-refractivity contribution in [3.8, 4) is 0 Å². The molecule has 0 N–H and O–H groups in total. The minimum absolute atomic E-state index is 0.210. The van der Waals surface area contributed by atoms with Crippen LogP contribution in [0.5, 0.6) is 0 Å². The molecule has 3 atom stereocenters. The molecule has 7 heteroatoms. The fourth-order valence-corrected chi connectivity index (χ4v) is 3.73. The maximum Gasteiger partial charge on any atom is 0.331 e. The third-order valence-corrected chi connectivity index (χ3v) is 4.75. The topological polar surface area (TPSA) is 76.0 Å². The Balaban J connectivity index is 1.99. The Morgan fingerprint density at radius 3 is 2.57 bits per heavy atom. The normalized spacial score (nSPS) is 26.3. The molecule has 2 aliphatic heterocycles. The molecule has 1 aromatic rings. The van der Waals surface area contributed by atoms with Crippen LogP contribution in [-0.4, -0.2) is 41.7 Å². The monoisotopic (exact) mass is 332 g/mol. The maximum atomic E-state index is 12.8. The van der Waals surface area contributed by atoms with Gasteiger partial charge in [0, 0.05) is 0 Å². The number of para-hydroxylation sites is 1. The van der Waals surface area contributed by atoms with Crippen molar-refractivity contribution in [2.24, 2.45) is 16.8 Å². The summed E-state index contributed by atoms with van der Waals surface area (Å²) in [6.45, 7) is 1.91. The second-order valence-electron chi connectivity index (χ2n) is 5.22. The Labute approximate surface area is 137 Å². The van der Waals surface area contributed by atoms with Gasteiger partial charge in [0.2, 0.25) is 11.8 Å². The van der Waals surface area contributed by atoms with Gasteiger partial charge in [0.05, 0.1) is 23.3 Å². The summed E-state index contributed by atoms with van der Waals surface area (Å²) in [6, 6.07) is 7.80. The highest BCUT2D eigenvalue weighted by Crippen LogP contribution is 2.41. The van der Waals surface area contributed by atoms with Crippen LogP contribution in [0.4, 0.5) is 5.69 Å². The molecule has 6 nitrogen and oxygen atoms in total. The van der Waals surface area contributed by atoms with Crippen molar-refractivity contribution in [3.63, 3.8) is 0 Å². The van der Waals surface area contributed by atoms with E-state index in [1.807, 2.05) is 6.07 Å². The van der Waals surface area contributed by atoms with Gasteiger partial charge in [0.15, 0.2) is 6.04 Å². The first-order chi connectivity index (χ1) is 11.1. The molecule has 0 saturated carbocycles. The van der Waals surface area contributed by atoms with Gasteiger partial charge in [0.25, 0.3) is 0 Å². The number of nitrogens with zero attached hydrogens (tertiary/aromatic N) is 2. The molecule has 0 aromatic heterocycles. The van der Waals surface area contributed by atoms with Crippen LogP contribution in [0.25, 0.3) is 0 Å². The van der Waals surface area contributed by atoms with Gasteiger partial charge in [-0.25, -0.2) is 9.69 Å². The second kappa shape index (κ2) is 6.16. The van der Waals surface area contributed by atoms with Crippen LogP contribution in [-0.2, 0) is 19.1 Å². The molecule has 3 rings (SSSR count). The summed E-state index contributed by atoms with van der Waals surface area (Å²) in [5, 5.41) is 0.518. The van der Waals surface area contributed by atoms with Gasteiger partial charge < -0.3 is 4.74 Å². The Bertz CT molecular complexity index is 689. The largest absolute Gasteiger partial charge is 0.464 e. The van der Waals surface area contributed by atoms with Crippen LogP contribution in [0.15, 0.2) is 35.3 Å². The predicted octanol–water partition coefficient (Wildman–Crippen LogP) is 1.50. The van der Waals surface area contributed by atoms with Crippen molar-refractivity contribution in [2.75, 3.05) is 17.8 Å². The lowest BCUT2D eigenvalue weighted by atomic mass is 9.92. The highest BCUT2D eigenvalue weighted by molar-refractivity contribution is 8.13. The number of anilines is 1. The van der Waals surface area contributed by atoms with E-state index in [4.69, 9.17) is 4.74 Å². The fraction of sp³-hybridized carbons (Fsp3) is 0.375. The third kappa shape index (κ3) is 2.45. The van der Waals surface area contributed by atoms with E-state index in [2.05, 4.69) is 4.99 Å². The molecule has 1 fully saturated rings. The van der Waals surface area contributed by atoms with Gasteiger partial charge in [-0.3, -0.25) is 14.6 Å². The Morgan fingerprint density at radius 1 is 1.26 bits per heavy atom. The standard InChI is InChI=1S/C16H16N2O4S/c1-3-22-16(21)12-10-11(13(17-12)23-2)15(20)18(14(10)19)9-7-5-4-6-8-9/h4-8,10-12H,3H2,1-2H3/t10-,11+,12-/m1/s1. The summed E-state index contributed by atoms with van der Waals surface area (Å²) in [7, 11) is 0. The number of carbonyl (C=O) groups is 3. The number of amides is 2. The van der Waals surface area contributed by atoms with E-state index in [0.29, 0.717) is 10.7 Å². The van der Waals surface area contributed by atoms with E-state index in [0.717, 1.165) is 4.90 Å². The zero-order valence-corrected chi connectivity index (χ0v) is 13.6. The van der Waals surface area contributed by atoms with Gasteiger partial charge in [-0.2, -0.15) is 0 Å². The fourth-order valence-electron chi connectivity index (χ4n) is 3.01. The number of imide groups is 1. The Morgan fingerprint density at radius 2 is 1.96 bits per heavy atom. The molecule has 2 heterocycles. The minimum Gasteiger partial charge on any atom is -0.464 e. The number of hydrogen-bond acceptors (Lipinski definition) is 6. The quantitative estimate of drug-likeness (QED) is 0.619. The number of rotatable bonds is 3. The van der Waals surface area contributed by atoms with E-state index >= 15 is 0 Å². The van der Waals surface area contributed by atoms with E-state index in [1.54, 1.807) is 37.4 Å². The zero-order valence-electron chi connectivity index (χ0n) is 12.8. The highest BCUT2D eigenvalue weighted by atomic mass is 32.2. The summed E-state index contributed by atoms with van der Waals surface area (Å²) in [6.07, 6.45) is 1.78. The predicted molar refractivity (Wildman–Crippen MR) is 87.3 cm³/mol. The van der Waals surface area contributed by atoms with Crippen LogP contribution in [0.3, 0.4) is 0 Å². The first-order valence-electron chi connectivity index (χ1n) is 7.31. The lowest BCUT2D eigenvalue weighted by Crippen LogP contribution is -2.36. The maximum absolute atomic E-state index is 12.8. The van der Waals surface area contributed by atoms with Crippen molar-refractivity contribution >= 4 is 40.3 Å². The number of fused-ring (bicyclic) bond motifs is 1. The zero-order chi connectivity index (χ0) is 16.6. The van der Waals surface area contributed by atoms with E-state index < -0.39 is 29.8 Å². The highest BCUT2D eigenvalue weighted by Gasteiger charge is 2.59. The lowest BCUT2D eigenvalue weighted by Gasteiger charge is -2.17. The van der Waals surface area contributed by atoms with Crippen molar-refractivity contribution in [3.05, 3.63) is 30.3 Å². The van der Waals surface area contributed by atoms with Crippen molar-refractivity contribution < 1.29 is 19.1 Å². The van der Waals surface area contributed by atoms with Crippen LogP contribution in [0.1, 0.15) is 6.92 Å². The Kier molecular flexibility index (Phi) is 4.21. The SMILES string of the molecule is CCOC(=O)[C@@H]1N=C(SC)[C@H]2C(=O)N(c3ccccc3)C(=O)[C@H]21. The number of aliphatic imine (C=N–C) groups is 1. The molecular weight excluding hydrogens is 316 g/mol. The summed E-state index contributed by atoms with van der Waals surface area (Å²) < 4.78 is 5.01. The molecule has 2 amide bonds. The third-order valence-electron chi connectivity index (χ3n) is 3.98. The van der Waals surface area contributed by atoms with Crippen molar-refractivity contribution in [1.29, 1.82) is 0 Å². The molecule has 1 aromatic carbocycles. The molecule has 0 bridgehead atoms. The average molecular weight is 332 g/mol. The first kappa shape index (κ1) is 15.7. The molecule has 1 saturated heterocycles. The van der Waals surface area contributed by atoms with Gasteiger partial charge in [-0.05, 0) is 25.3 Å². The first-order valence-corrected chi connectivity index (χ1v) is 8.53. The number of carbonyl (C=O) groups excluding carboxylic acids is 3. The smallest absolute Gasteiger partial charge is 0.331 e. The molecule has 23 heavy (non-hydrogen) atoms. The molecule has 120 valence electrons. The summed E-state index contributed by atoms with van der Waals surface area (Å²) >= 11 is 1.29. The second-order valence-corrected chi connectivity index (χ2v) is 6.05. The summed E-state index contributed by atoms with van der Waals surface area (Å²) in [4.78, 5) is 43.1. The number of thioether (sulfide) groups is 1. The van der Waals surface area contributed by atoms with Gasteiger partial charge in [-0.15, -0.1) is 11.8 Å². The summed E-state index contributed by atoms with van der Waals surface area (Å²) in [5.74, 6) is -2.76. The van der Waals surface area contributed by atoms with Crippen LogP contribution in [0, 0.1) is 11.8 Å². The van der Waals surface area contributed by atoms with Gasteiger partial charge in [0.1, 0.15) is 5.92 Å². The van der Waals surface area contributed by atoms with Crippen molar-refractivity contribution in [1.82, 2.24) is 0 Å². The van der Waals surface area contributed by atoms with Crippen molar-refractivity contribution in [2.45, 2.75) is 13.0 Å². The van der Waals surface area contributed by atoms with E-state index in [9.17, 15) is 14.4 Å². The molecule has 0 spiro atoms. The van der Waals surface area contributed by atoms with E-state index in [1.165, 1.54) is 11.8 Å². The van der Waals surface area contributed by atoms with Crippen LogP contribution in [0.2, 0.25) is 0 Å². The molecule has 2 aliphatic rings. The number of hydrogen-bond donors (Lipinski definition) is 0. The average Bonchev–Trinajstić information content (AvgIpc) is 3.06. The van der Waals surface area contributed by atoms with Crippen LogP contribution >= 0.6 is 11.8 Å². The minimum atomic E-state index is -0.937. The van der Waals surface area contributed by atoms with Gasteiger partial charge in [-0.1, -0.05) is 18.2 Å².